The molecule has 0 radical (unpaired) electrons. The molecule has 1 saturated heterocycles. The molecule has 0 aromatic carbocycles. The molecular weight excluding hydrogens is 352 g/mol. The molecule has 0 unspecified atom stereocenters. The van der Waals surface area contributed by atoms with Crippen molar-refractivity contribution >= 4 is 17.6 Å². The van der Waals surface area contributed by atoms with Gasteiger partial charge in [-0.25, -0.2) is 18.3 Å². The topological polar surface area (TPSA) is 103 Å². The molecule has 2 rings (SSSR count). The van der Waals surface area contributed by atoms with Gasteiger partial charge in [0.15, 0.2) is 0 Å². The molecule has 1 aliphatic heterocycles. The highest BCUT2D eigenvalue weighted by molar-refractivity contribution is 5.68. The predicted molar refractivity (Wildman–Crippen MR) is 89.4 cm³/mol. The Hall–Kier alpha value is -2.46. The van der Waals surface area contributed by atoms with Crippen molar-refractivity contribution in [2.24, 2.45) is 7.05 Å². The van der Waals surface area contributed by atoms with Crippen LogP contribution >= 0.6 is 0 Å². The van der Waals surface area contributed by atoms with Crippen molar-refractivity contribution < 1.29 is 23.2 Å². The largest absolute Gasteiger partial charge is 0.444 e. The van der Waals surface area contributed by atoms with Crippen molar-refractivity contribution in [3.8, 4) is 0 Å². The van der Waals surface area contributed by atoms with Gasteiger partial charge in [-0.2, -0.15) is 5.10 Å². The van der Waals surface area contributed by atoms with Crippen LogP contribution in [0.2, 0.25) is 0 Å². The average molecular weight is 375 g/mol. The number of anilines is 1. The van der Waals surface area contributed by atoms with Crippen LogP contribution < -0.4 is 10.2 Å². The lowest BCUT2D eigenvalue weighted by atomic mass is 10.1. The Labute approximate surface area is 149 Å². The van der Waals surface area contributed by atoms with Gasteiger partial charge in [0.2, 0.25) is 5.82 Å². The normalized spacial score (nSPS) is 20.4. The maximum absolute atomic E-state index is 14.4. The summed E-state index contributed by atoms with van der Waals surface area (Å²) in [6.45, 7) is 4.45. The molecule has 1 aromatic heterocycles. The summed E-state index contributed by atoms with van der Waals surface area (Å²) in [4.78, 5) is 23.6. The number of hydrogen-bond donors (Lipinski definition) is 1. The van der Waals surface area contributed by atoms with Crippen LogP contribution in [0.15, 0.2) is 6.20 Å². The summed E-state index contributed by atoms with van der Waals surface area (Å²) in [5.74, 6) is -3.12. The van der Waals surface area contributed by atoms with Crippen molar-refractivity contribution in [1.29, 1.82) is 0 Å². The second-order valence-electron chi connectivity index (χ2n) is 7.35. The number of alkyl halides is 2. The van der Waals surface area contributed by atoms with E-state index in [-0.39, 0.29) is 24.5 Å². The number of alkyl carbamates (subject to hydrolysis) is 1. The lowest BCUT2D eigenvalue weighted by molar-refractivity contribution is -0.384. The zero-order chi connectivity index (χ0) is 19.7. The zero-order valence-electron chi connectivity index (χ0n) is 15.2. The highest BCUT2D eigenvalue weighted by atomic mass is 19.3. The maximum atomic E-state index is 14.4. The Morgan fingerprint density at radius 1 is 1.50 bits per heavy atom. The number of nitrogens with one attached hydrogen (secondary N) is 1. The lowest BCUT2D eigenvalue weighted by Gasteiger charge is -2.25. The van der Waals surface area contributed by atoms with Crippen molar-refractivity contribution in [2.75, 3.05) is 18.0 Å². The summed E-state index contributed by atoms with van der Waals surface area (Å²) >= 11 is 0. The van der Waals surface area contributed by atoms with Gasteiger partial charge in [0, 0.05) is 26.1 Å². The van der Waals surface area contributed by atoms with Crippen LogP contribution in [0.1, 0.15) is 33.6 Å². The Bertz CT molecular complexity index is 686. The van der Waals surface area contributed by atoms with E-state index in [0.29, 0.717) is 0 Å². The van der Waals surface area contributed by atoms with E-state index in [2.05, 4.69) is 10.4 Å². The quantitative estimate of drug-likeness (QED) is 0.643. The number of carbonyl (C=O) groups is 1. The highest BCUT2D eigenvalue weighted by Gasteiger charge is 2.41. The van der Waals surface area contributed by atoms with E-state index in [1.807, 2.05) is 0 Å². The molecule has 9 nitrogen and oxygen atoms in total. The number of rotatable bonds is 3. The number of amides is 1. The summed E-state index contributed by atoms with van der Waals surface area (Å²) in [6.07, 6.45) is -0.112. The lowest BCUT2D eigenvalue weighted by Crippen LogP contribution is -2.42. The molecule has 1 aromatic rings. The summed E-state index contributed by atoms with van der Waals surface area (Å²) in [5, 5.41) is 17.4. The van der Waals surface area contributed by atoms with Crippen LogP contribution in [-0.2, 0) is 11.8 Å². The molecule has 0 spiro atoms. The molecule has 0 aliphatic carbocycles. The summed E-state index contributed by atoms with van der Waals surface area (Å²) in [6, 6.07) is -0.808. The molecular formula is C15H23F2N5O4. The second kappa shape index (κ2) is 7.04. The van der Waals surface area contributed by atoms with Crippen molar-refractivity contribution in [3.05, 3.63) is 16.3 Å². The van der Waals surface area contributed by atoms with Crippen LogP contribution in [0.25, 0.3) is 0 Å². The monoisotopic (exact) mass is 375 g/mol. The van der Waals surface area contributed by atoms with Crippen LogP contribution in [0, 0.1) is 10.1 Å². The van der Waals surface area contributed by atoms with Gasteiger partial charge in [-0.15, -0.1) is 0 Å². The summed E-state index contributed by atoms with van der Waals surface area (Å²) in [5.41, 5.74) is -1.07. The summed E-state index contributed by atoms with van der Waals surface area (Å²) < 4.78 is 35.1. The molecule has 26 heavy (non-hydrogen) atoms. The van der Waals surface area contributed by atoms with Gasteiger partial charge < -0.3 is 15.0 Å². The first kappa shape index (κ1) is 19.9. The number of nitrogens with zero attached hydrogens (tertiary/aromatic N) is 4. The second-order valence-corrected chi connectivity index (χ2v) is 7.35. The van der Waals surface area contributed by atoms with E-state index in [9.17, 15) is 23.7 Å². The van der Waals surface area contributed by atoms with E-state index in [0.717, 1.165) is 6.20 Å². The Morgan fingerprint density at radius 2 is 2.15 bits per heavy atom. The van der Waals surface area contributed by atoms with E-state index in [1.165, 1.54) is 16.6 Å². The number of aromatic nitrogens is 2. The van der Waals surface area contributed by atoms with Crippen LogP contribution in [-0.4, -0.2) is 51.5 Å². The van der Waals surface area contributed by atoms with Gasteiger partial charge in [-0.05, 0) is 27.2 Å². The maximum Gasteiger partial charge on any atom is 0.407 e. The van der Waals surface area contributed by atoms with Crippen LogP contribution in [0.3, 0.4) is 0 Å². The molecule has 0 saturated carbocycles. The van der Waals surface area contributed by atoms with Crippen LogP contribution in [0.5, 0.6) is 0 Å². The minimum Gasteiger partial charge on any atom is -0.444 e. The standard InChI is InChI=1S/C15H23F2N5O4/c1-14(2,3)26-13(23)19-10-5-6-21(9-15(16,17)7-10)12-11(22(24)25)8-18-20(12)4/h8,10H,5-7,9H2,1-4H3,(H,19,23)/t10-/m1/s1. The minimum absolute atomic E-state index is 0.0209. The minimum atomic E-state index is -3.14. The predicted octanol–water partition coefficient (Wildman–Crippen LogP) is 2.46. The third kappa shape index (κ3) is 5.02. The molecule has 146 valence electrons. The Kier molecular flexibility index (Phi) is 5.38. The van der Waals surface area contributed by atoms with E-state index >= 15 is 0 Å². The number of nitro groups is 1. The van der Waals surface area contributed by atoms with Crippen molar-refractivity contribution in [3.63, 3.8) is 0 Å². The van der Waals surface area contributed by atoms with Crippen molar-refractivity contribution in [1.82, 2.24) is 15.1 Å². The fourth-order valence-electron chi connectivity index (χ4n) is 2.89. The average Bonchev–Trinajstić information content (AvgIpc) is 2.75. The molecule has 11 heteroatoms. The Morgan fingerprint density at radius 3 is 2.73 bits per heavy atom. The SMILES string of the molecule is Cn1ncc([N+](=O)[O-])c1N1CC[C@@H](NC(=O)OC(C)(C)C)CC(F)(F)C1. The number of halogens is 2. The first-order chi connectivity index (χ1) is 11.9. The third-order valence-electron chi connectivity index (χ3n) is 3.82. The molecule has 1 amide bonds. The molecule has 1 N–H and O–H groups in total. The zero-order valence-corrected chi connectivity index (χ0v) is 15.2. The summed E-state index contributed by atoms with van der Waals surface area (Å²) in [7, 11) is 1.46. The van der Waals surface area contributed by atoms with Gasteiger partial charge in [0.25, 0.3) is 5.92 Å². The van der Waals surface area contributed by atoms with Crippen LogP contribution in [0.4, 0.5) is 25.1 Å². The third-order valence-corrected chi connectivity index (χ3v) is 3.82. The van der Waals surface area contributed by atoms with E-state index < -0.39 is 41.5 Å². The van der Waals surface area contributed by atoms with Gasteiger partial charge >= 0.3 is 11.8 Å². The van der Waals surface area contributed by atoms with E-state index in [4.69, 9.17) is 4.74 Å². The molecule has 1 atom stereocenters. The molecule has 2 heterocycles. The van der Waals surface area contributed by atoms with Crippen molar-refractivity contribution in [2.45, 2.75) is 51.2 Å². The Balaban J connectivity index is 2.16. The number of carbonyl (C=O) groups excluding carboxylic acids is 1. The fourth-order valence-corrected chi connectivity index (χ4v) is 2.89. The molecule has 0 bridgehead atoms. The van der Waals surface area contributed by atoms with Gasteiger partial charge in [-0.3, -0.25) is 10.1 Å². The molecule has 1 aliphatic rings. The van der Waals surface area contributed by atoms with E-state index in [1.54, 1.807) is 20.8 Å². The highest BCUT2D eigenvalue weighted by Crippen LogP contribution is 2.34. The van der Waals surface area contributed by atoms with Gasteiger partial charge in [-0.1, -0.05) is 0 Å². The number of aryl methyl sites for hydroxylation is 1. The first-order valence-corrected chi connectivity index (χ1v) is 8.17. The number of ether oxygens (including phenoxy) is 1. The molecule has 1 fully saturated rings. The first-order valence-electron chi connectivity index (χ1n) is 8.17. The number of hydrogen-bond acceptors (Lipinski definition) is 6. The van der Waals surface area contributed by atoms with Gasteiger partial charge in [0.05, 0.1) is 11.5 Å². The fraction of sp³-hybridized carbons (Fsp3) is 0.733. The van der Waals surface area contributed by atoms with Gasteiger partial charge in [0.1, 0.15) is 11.8 Å². The smallest absolute Gasteiger partial charge is 0.407 e.